The van der Waals surface area contributed by atoms with Crippen LogP contribution in [0.1, 0.15) is 5.56 Å². The fourth-order valence-electron chi connectivity index (χ4n) is 1.90. The Labute approximate surface area is 147 Å². The van der Waals surface area contributed by atoms with Gasteiger partial charge in [0.05, 0.1) is 11.3 Å². The fourth-order valence-corrected chi connectivity index (χ4v) is 3.15. The molecule has 2 aromatic carbocycles. The van der Waals surface area contributed by atoms with Crippen molar-refractivity contribution in [2.24, 2.45) is 0 Å². The molecule has 0 fully saturated rings. The van der Waals surface area contributed by atoms with Crippen molar-refractivity contribution < 1.29 is 22.0 Å². The van der Waals surface area contributed by atoms with E-state index in [2.05, 4.69) is 5.32 Å². The number of rotatable bonds is 5. The molecule has 9 heteroatoms. The van der Waals surface area contributed by atoms with E-state index in [1.54, 1.807) is 18.2 Å². The lowest BCUT2D eigenvalue weighted by Gasteiger charge is -2.09. The Morgan fingerprint density at radius 1 is 1.04 bits per heavy atom. The summed E-state index contributed by atoms with van der Waals surface area (Å²) in [5.41, 5.74) is 0.714. The van der Waals surface area contributed by atoms with E-state index in [1.807, 2.05) is 0 Å². The molecule has 0 atom stereocenters. The van der Waals surface area contributed by atoms with E-state index in [0.717, 1.165) is 12.1 Å². The van der Waals surface area contributed by atoms with Gasteiger partial charge >= 0.3 is 5.76 Å². The highest BCUT2D eigenvalue weighted by atomic mass is 35.5. The summed E-state index contributed by atoms with van der Waals surface area (Å²) >= 11 is 12.0. The average molecular weight is 394 g/mol. The van der Waals surface area contributed by atoms with Crippen molar-refractivity contribution >= 4 is 44.6 Å². The number of halogens is 4. The predicted octanol–water partition coefficient (Wildman–Crippen LogP) is 4.17. The Morgan fingerprint density at radius 2 is 1.58 bits per heavy atom. The maximum absolute atomic E-state index is 12.4. The number of amides is 1. The topological polar surface area (TPSA) is 63.2 Å². The average Bonchev–Trinajstić information content (AvgIpc) is 2.51. The molecule has 0 aliphatic carbocycles. The first-order valence-electron chi connectivity index (χ1n) is 6.56. The minimum absolute atomic E-state index is 0.0877. The number of carbonyl (C=O) groups is 1. The molecule has 2 rings (SSSR count). The Hall–Kier alpha value is -1.70. The molecule has 0 bridgehead atoms. The third-order valence-electron chi connectivity index (χ3n) is 3.10. The highest BCUT2D eigenvalue weighted by Crippen LogP contribution is 2.25. The summed E-state index contributed by atoms with van der Waals surface area (Å²) in [6.45, 7) is 0. The summed E-state index contributed by atoms with van der Waals surface area (Å²) in [5, 5.41) is 3.20. The summed E-state index contributed by atoms with van der Waals surface area (Å²) in [4.78, 5) is 11.5. The molecular weight excluding hydrogens is 383 g/mol. The third-order valence-corrected chi connectivity index (χ3v) is 5.21. The monoisotopic (exact) mass is 393 g/mol. The van der Waals surface area contributed by atoms with Crippen molar-refractivity contribution in [3.8, 4) is 0 Å². The van der Waals surface area contributed by atoms with E-state index in [4.69, 9.17) is 23.2 Å². The van der Waals surface area contributed by atoms with Gasteiger partial charge in [-0.05, 0) is 42.0 Å². The van der Waals surface area contributed by atoms with Gasteiger partial charge in [0.1, 0.15) is 0 Å². The van der Waals surface area contributed by atoms with Crippen LogP contribution in [0.3, 0.4) is 0 Å². The van der Waals surface area contributed by atoms with Gasteiger partial charge < -0.3 is 5.32 Å². The van der Waals surface area contributed by atoms with E-state index in [9.17, 15) is 22.0 Å². The van der Waals surface area contributed by atoms with Gasteiger partial charge in [-0.1, -0.05) is 29.3 Å². The van der Waals surface area contributed by atoms with E-state index in [1.165, 1.54) is 12.1 Å². The maximum Gasteiger partial charge on any atom is 0.341 e. The number of sulfone groups is 1. The first-order chi connectivity index (χ1) is 11.2. The van der Waals surface area contributed by atoms with Crippen LogP contribution in [0, 0.1) is 0 Å². The molecule has 0 spiro atoms. The second-order valence-electron chi connectivity index (χ2n) is 4.76. The second-order valence-corrected chi connectivity index (χ2v) is 7.49. The molecule has 2 aromatic rings. The van der Waals surface area contributed by atoms with Crippen LogP contribution in [0.15, 0.2) is 47.4 Å². The summed E-state index contributed by atoms with van der Waals surface area (Å²) in [6, 6.07) is 9.29. The molecule has 4 nitrogen and oxygen atoms in total. The minimum Gasteiger partial charge on any atom is -0.326 e. The summed E-state index contributed by atoms with van der Waals surface area (Å²) in [5.74, 6) is -3.94. The summed E-state index contributed by atoms with van der Waals surface area (Å²) in [6.07, 6.45) is -0.0877. The molecule has 24 heavy (non-hydrogen) atoms. The molecule has 0 saturated carbocycles. The largest absolute Gasteiger partial charge is 0.341 e. The van der Waals surface area contributed by atoms with Gasteiger partial charge in [0.2, 0.25) is 15.7 Å². The molecule has 0 aromatic heterocycles. The Kier molecular flexibility index (Phi) is 5.79. The van der Waals surface area contributed by atoms with Crippen molar-refractivity contribution in [3.05, 3.63) is 58.1 Å². The van der Waals surface area contributed by atoms with Crippen LogP contribution in [-0.4, -0.2) is 20.1 Å². The third kappa shape index (κ3) is 4.23. The Balaban J connectivity index is 2.10. The minimum atomic E-state index is -4.66. The molecular formula is C15H11Cl2F2NO3S. The van der Waals surface area contributed by atoms with Crippen molar-refractivity contribution in [2.75, 3.05) is 5.32 Å². The van der Waals surface area contributed by atoms with E-state index >= 15 is 0 Å². The van der Waals surface area contributed by atoms with Crippen molar-refractivity contribution in [2.45, 2.75) is 17.1 Å². The lowest BCUT2D eigenvalue weighted by molar-refractivity contribution is -0.115. The van der Waals surface area contributed by atoms with E-state index < -0.39 is 26.4 Å². The molecule has 0 aliphatic rings. The Bertz CT molecular complexity index is 835. The van der Waals surface area contributed by atoms with Gasteiger partial charge in [-0.15, -0.1) is 0 Å². The number of alkyl halides is 2. The maximum atomic E-state index is 12.4. The first-order valence-corrected chi connectivity index (χ1v) is 8.87. The highest BCUT2D eigenvalue weighted by molar-refractivity contribution is 7.91. The van der Waals surface area contributed by atoms with Crippen LogP contribution < -0.4 is 5.32 Å². The van der Waals surface area contributed by atoms with Crippen molar-refractivity contribution in [3.63, 3.8) is 0 Å². The molecule has 0 unspecified atom stereocenters. The van der Waals surface area contributed by atoms with Crippen LogP contribution in [-0.2, 0) is 21.1 Å². The van der Waals surface area contributed by atoms with Gasteiger partial charge in [-0.3, -0.25) is 4.79 Å². The molecule has 128 valence electrons. The SMILES string of the molecule is O=C(Cc1c(Cl)cccc1Cl)Nc1ccc(S(=O)(=O)C(F)F)cc1. The van der Waals surface area contributed by atoms with Gasteiger partial charge in [0.15, 0.2) is 0 Å². The molecule has 0 radical (unpaired) electrons. The van der Waals surface area contributed by atoms with Gasteiger partial charge in [0, 0.05) is 15.7 Å². The number of hydrogen-bond donors (Lipinski definition) is 1. The van der Waals surface area contributed by atoms with Crippen LogP contribution in [0.5, 0.6) is 0 Å². The fraction of sp³-hybridized carbons (Fsp3) is 0.133. The standard InChI is InChI=1S/C15H11Cl2F2NO3S/c16-12-2-1-3-13(17)11(12)8-14(21)20-9-4-6-10(7-5-9)24(22,23)15(18)19/h1-7,15H,8H2,(H,20,21). The molecule has 0 aliphatic heterocycles. The zero-order valence-corrected chi connectivity index (χ0v) is 14.3. The van der Waals surface area contributed by atoms with Crippen molar-refractivity contribution in [1.29, 1.82) is 0 Å². The zero-order valence-electron chi connectivity index (χ0n) is 12.0. The quantitative estimate of drug-likeness (QED) is 0.828. The lowest BCUT2D eigenvalue weighted by Crippen LogP contribution is -2.15. The number of carbonyl (C=O) groups excluding carboxylic acids is 1. The van der Waals surface area contributed by atoms with E-state index in [-0.39, 0.29) is 12.1 Å². The van der Waals surface area contributed by atoms with Gasteiger partial charge in [-0.2, -0.15) is 8.78 Å². The van der Waals surface area contributed by atoms with Crippen molar-refractivity contribution in [1.82, 2.24) is 0 Å². The highest BCUT2D eigenvalue weighted by Gasteiger charge is 2.26. The molecule has 1 N–H and O–H groups in total. The van der Waals surface area contributed by atoms with Gasteiger partial charge in [0.25, 0.3) is 0 Å². The molecule has 1 amide bonds. The lowest BCUT2D eigenvalue weighted by atomic mass is 10.1. The molecule has 0 saturated heterocycles. The smallest absolute Gasteiger partial charge is 0.326 e. The zero-order chi connectivity index (χ0) is 17.9. The molecule has 0 heterocycles. The van der Waals surface area contributed by atoms with Crippen LogP contribution in [0.4, 0.5) is 14.5 Å². The Morgan fingerprint density at radius 3 is 2.08 bits per heavy atom. The number of anilines is 1. The summed E-state index contributed by atoms with van der Waals surface area (Å²) < 4.78 is 47.5. The van der Waals surface area contributed by atoms with E-state index in [0.29, 0.717) is 15.6 Å². The number of hydrogen-bond acceptors (Lipinski definition) is 3. The normalized spacial score (nSPS) is 11.5. The number of benzene rings is 2. The van der Waals surface area contributed by atoms with Gasteiger partial charge in [-0.25, -0.2) is 8.42 Å². The predicted molar refractivity (Wildman–Crippen MR) is 88.4 cm³/mol. The van der Waals surface area contributed by atoms with Crippen LogP contribution in [0.25, 0.3) is 0 Å². The number of nitrogens with one attached hydrogen (secondary N) is 1. The van der Waals surface area contributed by atoms with Crippen LogP contribution >= 0.6 is 23.2 Å². The van der Waals surface area contributed by atoms with Crippen LogP contribution in [0.2, 0.25) is 10.0 Å². The first kappa shape index (κ1) is 18.6. The second kappa shape index (κ2) is 7.46. The summed E-state index contributed by atoms with van der Waals surface area (Å²) in [7, 11) is -4.66.